The second kappa shape index (κ2) is 10.2. The number of aliphatic hydroxyl groups is 2. The molecule has 1 aromatic heterocycles. The van der Waals surface area contributed by atoms with Crippen LogP contribution in [-0.2, 0) is 19.1 Å². The number of thiazole rings is 1. The average Bonchev–Trinajstić information content (AvgIpc) is 3.70. The van der Waals surface area contributed by atoms with E-state index >= 15 is 0 Å². The lowest BCUT2D eigenvalue weighted by molar-refractivity contribution is -0.152. The first-order valence-electron chi connectivity index (χ1n) is 12.5. The molecule has 0 amide bonds. The molecule has 8 heteroatoms. The Bertz CT molecular complexity index is 937. The highest BCUT2D eigenvalue weighted by Crippen LogP contribution is 2.52. The Balaban J connectivity index is 1.53. The van der Waals surface area contributed by atoms with Crippen molar-refractivity contribution in [3.63, 3.8) is 0 Å². The van der Waals surface area contributed by atoms with Crippen molar-refractivity contribution >= 4 is 29.2 Å². The van der Waals surface area contributed by atoms with E-state index in [-0.39, 0.29) is 30.3 Å². The highest BCUT2D eigenvalue weighted by molar-refractivity contribution is 7.09. The van der Waals surface area contributed by atoms with Crippen LogP contribution >= 0.6 is 11.3 Å². The van der Waals surface area contributed by atoms with Crippen LogP contribution in [0.25, 0.3) is 6.08 Å². The van der Waals surface area contributed by atoms with Gasteiger partial charge in [0.25, 0.3) is 0 Å². The summed E-state index contributed by atoms with van der Waals surface area (Å²) < 4.78 is 11.7. The number of esters is 1. The monoisotopic (exact) mass is 491 g/mol. The second-order valence-electron chi connectivity index (χ2n) is 10.5. The maximum Gasteiger partial charge on any atom is 0.309 e. The number of carbonyl (C=O) groups excluding carboxylic acids is 2. The van der Waals surface area contributed by atoms with E-state index < -0.39 is 35.6 Å². The zero-order valence-electron chi connectivity index (χ0n) is 20.5. The molecular weight excluding hydrogens is 454 g/mol. The smallest absolute Gasteiger partial charge is 0.309 e. The largest absolute Gasteiger partial charge is 0.458 e. The molecule has 7 atom stereocenters. The number of carbonyl (C=O) groups is 2. The van der Waals surface area contributed by atoms with Crippen LogP contribution in [0.4, 0.5) is 0 Å². The molecule has 0 unspecified atom stereocenters. The Morgan fingerprint density at radius 3 is 2.59 bits per heavy atom. The average molecular weight is 492 g/mol. The molecule has 2 aliphatic heterocycles. The van der Waals surface area contributed by atoms with Crippen LogP contribution in [0.15, 0.2) is 11.0 Å². The minimum Gasteiger partial charge on any atom is -0.458 e. The molecule has 0 aromatic carbocycles. The molecule has 0 radical (unpaired) electrons. The van der Waals surface area contributed by atoms with E-state index in [4.69, 9.17) is 9.47 Å². The van der Waals surface area contributed by atoms with Crippen LogP contribution in [0.5, 0.6) is 0 Å². The molecule has 4 rings (SSSR count). The quantitative estimate of drug-likeness (QED) is 0.478. The van der Waals surface area contributed by atoms with Crippen LogP contribution in [0.1, 0.15) is 76.4 Å². The lowest BCUT2D eigenvalue weighted by Gasteiger charge is -2.29. The number of hydrogen-bond donors (Lipinski definition) is 2. The number of ether oxygens (including phenoxy) is 2. The summed E-state index contributed by atoms with van der Waals surface area (Å²) in [6, 6.07) is 0. The van der Waals surface area contributed by atoms with Gasteiger partial charge in [0.15, 0.2) is 0 Å². The Morgan fingerprint density at radius 1 is 1.21 bits per heavy atom. The molecule has 2 N–H and O–H groups in total. The summed E-state index contributed by atoms with van der Waals surface area (Å²) in [4.78, 5) is 30.6. The van der Waals surface area contributed by atoms with Crippen molar-refractivity contribution in [1.29, 1.82) is 0 Å². The zero-order valence-corrected chi connectivity index (χ0v) is 21.3. The summed E-state index contributed by atoms with van der Waals surface area (Å²) in [7, 11) is 0. The lowest BCUT2D eigenvalue weighted by atomic mass is 9.79. The third-order valence-electron chi connectivity index (χ3n) is 7.86. The third-order valence-corrected chi connectivity index (χ3v) is 8.65. The first-order valence-corrected chi connectivity index (χ1v) is 13.3. The zero-order chi connectivity index (χ0) is 24.6. The second-order valence-corrected chi connectivity index (χ2v) is 11.6. The molecular formula is C26H37NO6S. The maximum atomic E-state index is 13.2. The van der Waals surface area contributed by atoms with Gasteiger partial charge in [-0.05, 0) is 57.1 Å². The summed E-state index contributed by atoms with van der Waals surface area (Å²) in [5.74, 6) is -1.28. The summed E-state index contributed by atoms with van der Waals surface area (Å²) in [5.41, 5.74) is 0.769. The molecule has 34 heavy (non-hydrogen) atoms. The summed E-state index contributed by atoms with van der Waals surface area (Å²) in [5, 5.41) is 24.6. The Morgan fingerprint density at radius 2 is 1.94 bits per heavy atom. The number of hydrogen-bond acceptors (Lipinski definition) is 8. The van der Waals surface area contributed by atoms with Gasteiger partial charge >= 0.3 is 5.97 Å². The molecule has 3 heterocycles. The molecule has 1 aromatic rings. The van der Waals surface area contributed by atoms with Crippen molar-refractivity contribution in [3.8, 4) is 0 Å². The van der Waals surface area contributed by atoms with Crippen LogP contribution in [0.3, 0.4) is 0 Å². The van der Waals surface area contributed by atoms with Crippen molar-refractivity contribution in [2.24, 2.45) is 17.3 Å². The minimum atomic E-state index is -1.11. The number of rotatable bonds is 2. The van der Waals surface area contributed by atoms with E-state index in [0.29, 0.717) is 19.3 Å². The summed E-state index contributed by atoms with van der Waals surface area (Å²) in [6.07, 6.45) is 3.69. The standard InChI is InChI=1S/C26H37NO6S/c1-14-6-5-7-19-21(32-19)11-20(15(2)10-18-13-34-17(4)27-18)33-23(29)12-22(28)26(8-9-26)25(31)16(3)24(14)30/h10,13-14,16,19-22,24,28,30H,5-9,11-12H2,1-4H3/b15-10+/t14-,16+,19+,20-,21-,22-,24-/m0/s1. The predicted molar refractivity (Wildman–Crippen MR) is 129 cm³/mol. The number of fused-ring (bicyclic) bond motifs is 1. The molecule has 1 aliphatic carbocycles. The van der Waals surface area contributed by atoms with Gasteiger partial charge < -0.3 is 19.7 Å². The molecule has 1 spiro atoms. The van der Waals surface area contributed by atoms with Gasteiger partial charge in [-0.15, -0.1) is 11.3 Å². The summed E-state index contributed by atoms with van der Waals surface area (Å²) >= 11 is 1.57. The number of nitrogens with zero attached hydrogens (tertiary/aromatic N) is 1. The van der Waals surface area contributed by atoms with Crippen molar-refractivity contribution < 1.29 is 29.3 Å². The summed E-state index contributed by atoms with van der Waals surface area (Å²) in [6.45, 7) is 7.58. The Labute approximate surface area is 205 Å². The van der Waals surface area contributed by atoms with Gasteiger partial charge in [0.05, 0.1) is 47.0 Å². The molecule has 3 fully saturated rings. The molecule has 2 saturated heterocycles. The fraction of sp³-hybridized carbons (Fsp3) is 0.731. The van der Waals surface area contributed by atoms with Crippen molar-refractivity contribution in [1.82, 2.24) is 4.98 Å². The van der Waals surface area contributed by atoms with Gasteiger partial charge in [0, 0.05) is 17.7 Å². The Hall–Kier alpha value is -1.61. The SMILES string of the molecule is C/C(=C\c1csc(C)n1)[C@@H]1C[C@@H]2O[C@@H]2CCC[C@H](C)[C@H](O)[C@@H](C)C(=O)C2(CC2)[C@@H](O)CC(=O)O1. The predicted octanol–water partition coefficient (Wildman–Crippen LogP) is 3.84. The van der Waals surface area contributed by atoms with E-state index in [9.17, 15) is 19.8 Å². The van der Waals surface area contributed by atoms with Gasteiger partial charge in [0.2, 0.25) is 0 Å². The maximum absolute atomic E-state index is 13.2. The third kappa shape index (κ3) is 5.61. The van der Waals surface area contributed by atoms with Crippen LogP contribution in [-0.4, -0.2) is 57.5 Å². The number of aromatic nitrogens is 1. The number of cyclic esters (lactones) is 1. The van der Waals surface area contributed by atoms with Crippen molar-refractivity contribution in [3.05, 3.63) is 21.7 Å². The molecule has 1 saturated carbocycles. The van der Waals surface area contributed by atoms with Gasteiger partial charge in [0.1, 0.15) is 11.9 Å². The Kier molecular flexibility index (Phi) is 7.62. The van der Waals surface area contributed by atoms with Gasteiger partial charge in [-0.25, -0.2) is 4.98 Å². The van der Waals surface area contributed by atoms with Gasteiger partial charge in [-0.2, -0.15) is 0 Å². The van der Waals surface area contributed by atoms with E-state index in [2.05, 4.69) is 4.98 Å². The van der Waals surface area contributed by atoms with E-state index in [1.54, 1.807) is 18.3 Å². The first kappa shape index (κ1) is 25.5. The van der Waals surface area contributed by atoms with E-state index in [1.807, 2.05) is 32.2 Å². The van der Waals surface area contributed by atoms with Crippen LogP contribution < -0.4 is 0 Å². The van der Waals surface area contributed by atoms with Gasteiger partial charge in [-0.1, -0.05) is 20.3 Å². The van der Waals surface area contributed by atoms with Crippen molar-refractivity contribution in [2.75, 3.05) is 0 Å². The molecule has 188 valence electrons. The topological polar surface area (TPSA) is 109 Å². The van der Waals surface area contributed by atoms with Crippen LogP contribution in [0.2, 0.25) is 0 Å². The van der Waals surface area contributed by atoms with Crippen LogP contribution in [0, 0.1) is 24.2 Å². The lowest BCUT2D eigenvalue weighted by Crippen LogP contribution is -2.41. The fourth-order valence-corrected chi connectivity index (χ4v) is 5.87. The normalized spacial score (nSPS) is 37.2. The molecule has 3 aliphatic rings. The highest BCUT2D eigenvalue weighted by Gasteiger charge is 2.57. The number of aryl methyl sites for hydroxylation is 1. The molecule has 7 nitrogen and oxygen atoms in total. The van der Waals surface area contributed by atoms with Gasteiger partial charge in [-0.3, -0.25) is 9.59 Å². The van der Waals surface area contributed by atoms with Crippen molar-refractivity contribution in [2.45, 2.75) is 103 Å². The number of ketones is 1. The molecule has 0 bridgehead atoms. The van der Waals surface area contributed by atoms with E-state index in [0.717, 1.165) is 35.5 Å². The highest BCUT2D eigenvalue weighted by atomic mass is 32.1. The fourth-order valence-electron chi connectivity index (χ4n) is 5.30. The first-order chi connectivity index (χ1) is 16.1. The number of aliphatic hydroxyl groups excluding tert-OH is 2. The number of epoxide rings is 1. The minimum absolute atomic E-state index is 0.0201. The number of Topliss-reactive ketones (excluding diaryl/α,β-unsaturated/α-hetero) is 1. The van der Waals surface area contributed by atoms with E-state index in [1.165, 1.54) is 0 Å².